The smallest absolute Gasteiger partial charge is 0.340 e. The molecule has 1 aliphatic rings. The van der Waals surface area contributed by atoms with Crippen LogP contribution in [-0.4, -0.2) is 17.6 Å². The zero-order valence-corrected chi connectivity index (χ0v) is 11.3. The van der Waals surface area contributed by atoms with Gasteiger partial charge in [-0.15, -0.1) is 0 Å². The number of carbonyl (C=O) groups excluding carboxylic acids is 1. The van der Waals surface area contributed by atoms with Gasteiger partial charge in [-0.2, -0.15) is 0 Å². The van der Waals surface area contributed by atoms with Crippen LogP contribution in [0.3, 0.4) is 0 Å². The predicted octanol–water partition coefficient (Wildman–Crippen LogP) is 3.20. The fourth-order valence-electron chi connectivity index (χ4n) is 3.03. The summed E-state index contributed by atoms with van der Waals surface area (Å²) in [4.78, 5) is 12.1. The topological polar surface area (TPSA) is 31.2 Å². The summed E-state index contributed by atoms with van der Waals surface area (Å²) in [6, 6.07) is 10.1. The first-order chi connectivity index (χ1) is 9.24. The van der Waals surface area contributed by atoms with Crippen LogP contribution in [0.5, 0.6) is 0 Å². The molecule has 0 aliphatic carbocycles. The van der Waals surface area contributed by atoms with E-state index >= 15 is 0 Å². The van der Waals surface area contributed by atoms with Gasteiger partial charge in [-0.05, 0) is 25.3 Å². The minimum absolute atomic E-state index is 0.238. The molecule has 3 rings (SSSR count). The molecule has 98 valence electrons. The van der Waals surface area contributed by atoms with Gasteiger partial charge in [-0.25, -0.2) is 4.79 Å². The van der Waals surface area contributed by atoms with Gasteiger partial charge in [0.15, 0.2) is 0 Å². The fourth-order valence-corrected chi connectivity index (χ4v) is 3.03. The monoisotopic (exact) mass is 255 g/mol. The lowest BCUT2D eigenvalue weighted by atomic mass is 9.99. The molecule has 0 atom stereocenters. The average molecular weight is 255 g/mol. The summed E-state index contributed by atoms with van der Waals surface area (Å²) in [5, 5.41) is 0. The number of hydrogen-bond acceptors (Lipinski definition) is 2. The molecule has 1 aromatic carbocycles. The quantitative estimate of drug-likeness (QED) is 0.772. The molecule has 0 saturated heterocycles. The van der Waals surface area contributed by atoms with Crippen molar-refractivity contribution in [1.82, 2.24) is 4.57 Å². The highest BCUT2D eigenvalue weighted by atomic mass is 16.5. The summed E-state index contributed by atoms with van der Waals surface area (Å²) >= 11 is 0. The van der Waals surface area contributed by atoms with Gasteiger partial charge in [0.05, 0.1) is 12.7 Å². The van der Waals surface area contributed by atoms with Crippen molar-refractivity contribution in [3.63, 3.8) is 0 Å². The minimum atomic E-state index is -0.238. The molecule has 1 aliphatic heterocycles. The van der Waals surface area contributed by atoms with Crippen LogP contribution in [0.2, 0.25) is 0 Å². The van der Waals surface area contributed by atoms with E-state index in [1.54, 1.807) is 0 Å². The van der Waals surface area contributed by atoms with Crippen molar-refractivity contribution in [3.8, 4) is 11.1 Å². The Labute approximate surface area is 112 Å². The molecule has 0 fully saturated rings. The van der Waals surface area contributed by atoms with E-state index in [1.807, 2.05) is 25.1 Å². The minimum Gasteiger partial charge on any atom is -0.465 e. The number of aromatic nitrogens is 1. The Morgan fingerprint density at radius 3 is 2.68 bits per heavy atom. The molecule has 2 aromatic rings. The number of benzene rings is 1. The lowest BCUT2D eigenvalue weighted by molar-refractivity contribution is 0.0600. The third-order valence-corrected chi connectivity index (χ3v) is 3.88. The van der Waals surface area contributed by atoms with Crippen LogP contribution in [0.15, 0.2) is 30.3 Å². The Morgan fingerprint density at radius 2 is 2.00 bits per heavy atom. The first kappa shape index (κ1) is 12.0. The number of rotatable bonds is 2. The van der Waals surface area contributed by atoms with Crippen LogP contribution in [-0.2, 0) is 17.7 Å². The van der Waals surface area contributed by atoms with Gasteiger partial charge in [0.25, 0.3) is 0 Å². The molecule has 0 amide bonds. The number of fused-ring (bicyclic) bond motifs is 1. The third kappa shape index (κ3) is 1.77. The summed E-state index contributed by atoms with van der Waals surface area (Å²) in [7, 11) is 1.44. The highest BCUT2D eigenvalue weighted by molar-refractivity contribution is 5.99. The number of nitrogens with zero attached hydrogens (tertiary/aromatic N) is 1. The highest BCUT2D eigenvalue weighted by Crippen LogP contribution is 2.36. The van der Waals surface area contributed by atoms with Crippen molar-refractivity contribution in [2.24, 2.45) is 0 Å². The second-order valence-corrected chi connectivity index (χ2v) is 4.89. The molecule has 0 saturated carbocycles. The van der Waals surface area contributed by atoms with Gasteiger partial charge in [-0.3, -0.25) is 0 Å². The summed E-state index contributed by atoms with van der Waals surface area (Å²) in [5.41, 5.74) is 5.18. The molecule has 0 spiro atoms. The molecule has 19 heavy (non-hydrogen) atoms. The van der Waals surface area contributed by atoms with Gasteiger partial charge < -0.3 is 9.30 Å². The molecular weight excluding hydrogens is 238 g/mol. The average Bonchev–Trinajstić information content (AvgIpc) is 3.01. The van der Waals surface area contributed by atoms with Crippen molar-refractivity contribution < 1.29 is 9.53 Å². The van der Waals surface area contributed by atoms with Crippen LogP contribution in [0.25, 0.3) is 11.1 Å². The van der Waals surface area contributed by atoms with Gasteiger partial charge in [0, 0.05) is 23.5 Å². The van der Waals surface area contributed by atoms with Crippen LogP contribution in [0, 0.1) is 6.92 Å². The van der Waals surface area contributed by atoms with Crippen molar-refractivity contribution in [3.05, 3.63) is 47.3 Å². The predicted molar refractivity (Wildman–Crippen MR) is 74.3 cm³/mol. The maximum absolute atomic E-state index is 12.1. The summed E-state index contributed by atoms with van der Waals surface area (Å²) in [6.07, 6.45) is 2.18. The Balaban J connectivity index is 2.28. The van der Waals surface area contributed by atoms with Crippen molar-refractivity contribution >= 4 is 5.97 Å². The van der Waals surface area contributed by atoms with Crippen LogP contribution < -0.4 is 0 Å². The van der Waals surface area contributed by atoms with Gasteiger partial charge in [0.2, 0.25) is 0 Å². The first-order valence-electron chi connectivity index (χ1n) is 6.59. The number of carbonyl (C=O) groups is 1. The highest BCUT2D eigenvalue weighted by Gasteiger charge is 2.28. The van der Waals surface area contributed by atoms with E-state index in [0.717, 1.165) is 41.8 Å². The lowest BCUT2D eigenvalue weighted by Gasteiger charge is -2.06. The van der Waals surface area contributed by atoms with E-state index in [4.69, 9.17) is 4.74 Å². The van der Waals surface area contributed by atoms with Crippen molar-refractivity contribution in [2.45, 2.75) is 26.3 Å². The van der Waals surface area contributed by atoms with Gasteiger partial charge in [0.1, 0.15) is 0 Å². The lowest BCUT2D eigenvalue weighted by Crippen LogP contribution is -2.05. The maximum Gasteiger partial charge on any atom is 0.340 e. The largest absolute Gasteiger partial charge is 0.465 e. The number of ether oxygens (including phenoxy) is 1. The Morgan fingerprint density at radius 1 is 1.26 bits per heavy atom. The number of methoxy groups -OCH3 is 1. The molecular formula is C16H17NO2. The fraction of sp³-hybridized carbons (Fsp3) is 0.312. The zero-order chi connectivity index (χ0) is 13.4. The van der Waals surface area contributed by atoms with Crippen LogP contribution >= 0.6 is 0 Å². The number of esters is 1. The Kier molecular flexibility index (Phi) is 2.90. The van der Waals surface area contributed by atoms with E-state index < -0.39 is 0 Å². The van der Waals surface area contributed by atoms with E-state index in [-0.39, 0.29) is 5.97 Å². The molecule has 0 N–H and O–H groups in total. The summed E-state index contributed by atoms with van der Waals surface area (Å²) < 4.78 is 7.22. The normalized spacial score (nSPS) is 13.4. The molecule has 1 aromatic heterocycles. The summed E-state index contributed by atoms with van der Waals surface area (Å²) in [5.74, 6) is -0.238. The maximum atomic E-state index is 12.1. The third-order valence-electron chi connectivity index (χ3n) is 3.88. The second kappa shape index (κ2) is 4.57. The first-order valence-corrected chi connectivity index (χ1v) is 6.59. The molecule has 0 radical (unpaired) electrons. The molecule has 2 heterocycles. The molecule has 0 unspecified atom stereocenters. The van der Waals surface area contributed by atoms with E-state index in [0.29, 0.717) is 0 Å². The second-order valence-electron chi connectivity index (χ2n) is 4.89. The number of hydrogen-bond donors (Lipinski definition) is 0. The van der Waals surface area contributed by atoms with Gasteiger partial charge >= 0.3 is 5.97 Å². The van der Waals surface area contributed by atoms with Gasteiger partial charge in [-0.1, -0.05) is 30.3 Å². The van der Waals surface area contributed by atoms with E-state index in [1.165, 1.54) is 12.8 Å². The molecule has 0 bridgehead atoms. The zero-order valence-electron chi connectivity index (χ0n) is 11.3. The van der Waals surface area contributed by atoms with E-state index in [2.05, 4.69) is 16.7 Å². The van der Waals surface area contributed by atoms with Crippen LogP contribution in [0.1, 0.15) is 28.2 Å². The van der Waals surface area contributed by atoms with Crippen LogP contribution in [0.4, 0.5) is 0 Å². The van der Waals surface area contributed by atoms with E-state index in [9.17, 15) is 4.79 Å². The standard InChI is InChI=1S/C16H17NO2/c1-11-14(16(18)19-2)15(12-7-4-3-5-8-12)13-9-6-10-17(11)13/h3-5,7-8H,6,9-10H2,1-2H3. The Hall–Kier alpha value is -2.03. The molecule has 3 heteroatoms. The molecule has 3 nitrogen and oxygen atoms in total. The summed E-state index contributed by atoms with van der Waals surface area (Å²) in [6.45, 7) is 3.01. The SMILES string of the molecule is COC(=O)c1c(-c2ccccc2)c2n(c1C)CCC2. The van der Waals surface area contributed by atoms with Crippen molar-refractivity contribution in [1.29, 1.82) is 0 Å². The van der Waals surface area contributed by atoms with Crippen molar-refractivity contribution in [2.75, 3.05) is 7.11 Å². The Bertz CT molecular complexity index is 626.